The minimum atomic E-state index is -0.287. The van der Waals surface area contributed by atoms with Gasteiger partial charge in [0.1, 0.15) is 6.54 Å². The van der Waals surface area contributed by atoms with Crippen LogP contribution in [-0.2, 0) is 16.1 Å². The number of nitrogens with zero attached hydrogens (tertiary/aromatic N) is 1. The van der Waals surface area contributed by atoms with Crippen molar-refractivity contribution in [1.82, 2.24) is 5.32 Å². The zero-order valence-corrected chi connectivity index (χ0v) is 15.0. The lowest BCUT2D eigenvalue weighted by atomic mass is 10.1. The molecule has 0 atom stereocenters. The lowest BCUT2D eigenvalue weighted by molar-refractivity contribution is -0.123. The Bertz CT molecular complexity index is 762. The number of carbonyl (C=O) groups is 2. The first-order valence-corrected chi connectivity index (χ1v) is 8.18. The van der Waals surface area contributed by atoms with Gasteiger partial charge < -0.3 is 10.2 Å². The molecule has 0 aliphatic carbocycles. The summed E-state index contributed by atoms with van der Waals surface area (Å²) in [6.45, 7) is 3.64. The van der Waals surface area contributed by atoms with E-state index in [4.69, 9.17) is 23.2 Å². The number of rotatable bonds is 5. The Labute approximate surface area is 151 Å². The first kappa shape index (κ1) is 18.3. The third-order valence-corrected chi connectivity index (χ3v) is 4.17. The summed E-state index contributed by atoms with van der Waals surface area (Å²) in [5.74, 6) is -0.560. The summed E-state index contributed by atoms with van der Waals surface area (Å²) in [5.41, 5.74) is 2.54. The highest BCUT2D eigenvalue weighted by Crippen LogP contribution is 2.29. The molecule has 0 bridgehead atoms. The summed E-state index contributed by atoms with van der Waals surface area (Å²) >= 11 is 12.1. The van der Waals surface area contributed by atoms with Gasteiger partial charge in [-0.25, -0.2) is 0 Å². The van der Waals surface area contributed by atoms with Crippen molar-refractivity contribution in [3.63, 3.8) is 0 Å². The fourth-order valence-electron chi connectivity index (χ4n) is 2.26. The van der Waals surface area contributed by atoms with Crippen molar-refractivity contribution in [2.45, 2.75) is 20.4 Å². The smallest absolute Gasteiger partial charge is 0.240 e. The lowest BCUT2D eigenvalue weighted by Crippen LogP contribution is -2.39. The number of nitrogens with one attached hydrogen (secondary N) is 1. The summed E-state index contributed by atoms with van der Waals surface area (Å²) < 4.78 is 0. The number of carbonyl (C=O) groups excluding carboxylic acids is 2. The Hall–Kier alpha value is -2.04. The molecule has 2 aromatic rings. The molecular formula is C18H18Cl2N2O2. The van der Waals surface area contributed by atoms with Crippen molar-refractivity contribution in [2.24, 2.45) is 0 Å². The van der Waals surface area contributed by atoms with Gasteiger partial charge in [0.15, 0.2) is 0 Å². The van der Waals surface area contributed by atoms with Crippen LogP contribution in [-0.4, -0.2) is 18.4 Å². The molecule has 0 saturated heterocycles. The first-order chi connectivity index (χ1) is 11.4. The standard InChI is InChI=1S/C18H18Cl2N2O2/c1-12-5-3-4-6-14(12)10-21-18(24)11-22(13(2)23)17-9-15(19)7-8-16(17)20/h3-9H,10-11H2,1-2H3,(H,21,24). The number of aryl methyl sites for hydroxylation is 1. The van der Waals surface area contributed by atoms with Crippen molar-refractivity contribution in [3.8, 4) is 0 Å². The SMILES string of the molecule is CC(=O)N(CC(=O)NCc1ccccc1C)c1cc(Cl)ccc1Cl. The fraction of sp³-hybridized carbons (Fsp3) is 0.222. The number of amides is 2. The van der Waals surface area contributed by atoms with Crippen LogP contribution in [0.15, 0.2) is 42.5 Å². The fourth-order valence-corrected chi connectivity index (χ4v) is 2.65. The monoisotopic (exact) mass is 364 g/mol. The van der Waals surface area contributed by atoms with E-state index < -0.39 is 0 Å². The normalized spacial score (nSPS) is 10.3. The third kappa shape index (κ3) is 4.73. The average Bonchev–Trinajstić information content (AvgIpc) is 2.54. The van der Waals surface area contributed by atoms with Crippen LogP contribution in [0.2, 0.25) is 10.0 Å². The van der Waals surface area contributed by atoms with E-state index in [2.05, 4.69) is 5.32 Å². The molecule has 0 unspecified atom stereocenters. The van der Waals surface area contributed by atoms with Crippen molar-refractivity contribution in [2.75, 3.05) is 11.4 Å². The van der Waals surface area contributed by atoms with Gasteiger partial charge in [-0.05, 0) is 36.2 Å². The Morgan fingerprint density at radius 3 is 2.50 bits per heavy atom. The number of hydrogen-bond acceptors (Lipinski definition) is 2. The van der Waals surface area contributed by atoms with E-state index in [1.165, 1.54) is 11.8 Å². The number of halogens is 2. The Morgan fingerprint density at radius 2 is 1.83 bits per heavy atom. The molecule has 1 N–H and O–H groups in total. The summed E-state index contributed by atoms with van der Waals surface area (Å²) in [7, 11) is 0. The maximum Gasteiger partial charge on any atom is 0.240 e. The molecule has 0 aromatic heterocycles. The number of anilines is 1. The Balaban J connectivity index is 2.08. The highest BCUT2D eigenvalue weighted by Gasteiger charge is 2.18. The molecule has 126 valence electrons. The lowest BCUT2D eigenvalue weighted by Gasteiger charge is -2.22. The quantitative estimate of drug-likeness (QED) is 0.872. The molecule has 24 heavy (non-hydrogen) atoms. The zero-order valence-electron chi connectivity index (χ0n) is 13.5. The third-order valence-electron chi connectivity index (χ3n) is 3.62. The maximum absolute atomic E-state index is 12.2. The van der Waals surface area contributed by atoms with Crippen LogP contribution in [0.3, 0.4) is 0 Å². The Kier molecular flexibility index (Phi) is 6.23. The molecule has 6 heteroatoms. The highest BCUT2D eigenvalue weighted by atomic mass is 35.5. The predicted molar refractivity (Wildman–Crippen MR) is 97.5 cm³/mol. The van der Waals surface area contributed by atoms with Gasteiger partial charge in [0, 0.05) is 18.5 Å². The summed E-state index contributed by atoms with van der Waals surface area (Å²) in [6, 6.07) is 12.6. The van der Waals surface area contributed by atoms with Crippen LogP contribution in [0.25, 0.3) is 0 Å². The Morgan fingerprint density at radius 1 is 1.12 bits per heavy atom. The van der Waals surface area contributed by atoms with Gasteiger partial charge in [0.25, 0.3) is 0 Å². The van der Waals surface area contributed by atoms with Crippen LogP contribution in [0.4, 0.5) is 5.69 Å². The molecule has 4 nitrogen and oxygen atoms in total. The van der Waals surface area contributed by atoms with E-state index in [0.29, 0.717) is 22.3 Å². The second-order valence-corrected chi connectivity index (χ2v) is 6.25. The first-order valence-electron chi connectivity index (χ1n) is 7.43. The number of benzene rings is 2. The van der Waals surface area contributed by atoms with Gasteiger partial charge in [-0.2, -0.15) is 0 Å². The maximum atomic E-state index is 12.2. The summed E-state index contributed by atoms with van der Waals surface area (Å²) in [4.78, 5) is 25.5. The summed E-state index contributed by atoms with van der Waals surface area (Å²) in [5, 5.41) is 3.63. The van der Waals surface area contributed by atoms with Gasteiger partial charge in [0.2, 0.25) is 11.8 Å². The molecule has 2 amide bonds. The highest BCUT2D eigenvalue weighted by molar-refractivity contribution is 6.35. The second-order valence-electron chi connectivity index (χ2n) is 5.40. The van der Waals surface area contributed by atoms with Gasteiger partial charge >= 0.3 is 0 Å². The molecule has 0 saturated carbocycles. The van der Waals surface area contributed by atoms with E-state index in [1.54, 1.807) is 18.2 Å². The van der Waals surface area contributed by atoms with Gasteiger partial charge in [-0.3, -0.25) is 9.59 Å². The van der Waals surface area contributed by atoms with Crippen LogP contribution in [0.1, 0.15) is 18.1 Å². The molecule has 2 rings (SSSR count). The van der Waals surface area contributed by atoms with E-state index in [9.17, 15) is 9.59 Å². The van der Waals surface area contributed by atoms with Crippen LogP contribution < -0.4 is 10.2 Å². The molecule has 2 aromatic carbocycles. The molecule has 0 heterocycles. The van der Waals surface area contributed by atoms with Crippen LogP contribution in [0, 0.1) is 6.92 Å². The summed E-state index contributed by atoms with van der Waals surface area (Å²) in [6.07, 6.45) is 0. The van der Waals surface area contributed by atoms with Gasteiger partial charge in [0.05, 0.1) is 10.7 Å². The van der Waals surface area contributed by atoms with E-state index in [0.717, 1.165) is 11.1 Å². The molecule has 0 fully saturated rings. The molecule has 0 aliphatic heterocycles. The second kappa shape index (κ2) is 8.18. The molecule has 0 aliphatic rings. The van der Waals surface area contributed by atoms with Gasteiger partial charge in [-0.1, -0.05) is 47.5 Å². The van der Waals surface area contributed by atoms with E-state index >= 15 is 0 Å². The van der Waals surface area contributed by atoms with Gasteiger partial charge in [-0.15, -0.1) is 0 Å². The minimum absolute atomic E-state index is 0.124. The van der Waals surface area contributed by atoms with Crippen molar-refractivity contribution in [1.29, 1.82) is 0 Å². The zero-order chi connectivity index (χ0) is 17.7. The minimum Gasteiger partial charge on any atom is -0.350 e. The molecule has 0 radical (unpaired) electrons. The largest absolute Gasteiger partial charge is 0.350 e. The van der Waals surface area contributed by atoms with Crippen LogP contribution >= 0.6 is 23.2 Å². The average molecular weight is 365 g/mol. The number of hydrogen-bond donors (Lipinski definition) is 1. The van der Waals surface area contributed by atoms with Crippen molar-refractivity contribution in [3.05, 3.63) is 63.6 Å². The predicted octanol–water partition coefficient (Wildman–Crippen LogP) is 3.97. The van der Waals surface area contributed by atoms with Crippen molar-refractivity contribution < 1.29 is 9.59 Å². The molecular weight excluding hydrogens is 347 g/mol. The van der Waals surface area contributed by atoms with Crippen molar-refractivity contribution >= 4 is 40.7 Å². The van der Waals surface area contributed by atoms with E-state index in [1.807, 2.05) is 31.2 Å². The van der Waals surface area contributed by atoms with E-state index in [-0.39, 0.29) is 18.4 Å². The molecule has 0 spiro atoms. The topological polar surface area (TPSA) is 49.4 Å². The van der Waals surface area contributed by atoms with Crippen LogP contribution in [0.5, 0.6) is 0 Å².